The zero-order chi connectivity index (χ0) is 15.6. The van der Waals surface area contributed by atoms with E-state index >= 15 is 0 Å². The second-order valence-electron chi connectivity index (χ2n) is 6.29. The smallest absolute Gasteiger partial charge is 0.359 e. The summed E-state index contributed by atoms with van der Waals surface area (Å²) in [7, 11) is 0. The molecular formula is C14H20N2O4. The minimum Gasteiger partial charge on any atom is -0.455 e. The quantitative estimate of drug-likeness (QED) is 0.774. The predicted molar refractivity (Wildman–Crippen MR) is 72.4 cm³/mol. The number of hydrogen-bond acceptors (Lipinski definition) is 6. The van der Waals surface area contributed by atoms with Crippen LogP contribution >= 0.6 is 0 Å². The lowest BCUT2D eigenvalue weighted by atomic mass is 10.2. The van der Waals surface area contributed by atoms with Crippen molar-refractivity contribution in [2.24, 2.45) is 0 Å². The number of esters is 2. The van der Waals surface area contributed by atoms with Gasteiger partial charge < -0.3 is 9.47 Å². The molecular weight excluding hydrogens is 260 g/mol. The molecule has 0 atom stereocenters. The highest BCUT2D eigenvalue weighted by molar-refractivity contribution is 5.89. The zero-order valence-corrected chi connectivity index (χ0v) is 12.7. The maximum absolute atomic E-state index is 11.7. The fourth-order valence-electron chi connectivity index (χ4n) is 1.20. The summed E-state index contributed by atoms with van der Waals surface area (Å²) < 4.78 is 10.3. The molecule has 20 heavy (non-hydrogen) atoms. The van der Waals surface area contributed by atoms with Gasteiger partial charge in [-0.05, 0) is 41.5 Å². The molecule has 0 spiro atoms. The van der Waals surface area contributed by atoms with Crippen LogP contribution in [0.25, 0.3) is 0 Å². The van der Waals surface area contributed by atoms with E-state index in [4.69, 9.17) is 9.47 Å². The summed E-state index contributed by atoms with van der Waals surface area (Å²) in [4.78, 5) is 31.2. The maximum atomic E-state index is 11.7. The molecule has 0 saturated carbocycles. The molecule has 0 saturated heterocycles. The van der Waals surface area contributed by atoms with Crippen LogP contribution in [-0.4, -0.2) is 33.1 Å². The van der Waals surface area contributed by atoms with Crippen molar-refractivity contribution in [3.63, 3.8) is 0 Å². The van der Waals surface area contributed by atoms with Gasteiger partial charge in [0.2, 0.25) is 0 Å². The van der Waals surface area contributed by atoms with E-state index in [-0.39, 0.29) is 11.4 Å². The Kier molecular flexibility index (Phi) is 4.47. The summed E-state index contributed by atoms with van der Waals surface area (Å²) in [5, 5.41) is 0. The molecule has 0 radical (unpaired) electrons. The lowest BCUT2D eigenvalue weighted by Crippen LogP contribution is -2.26. The molecule has 1 rings (SSSR count). The van der Waals surface area contributed by atoms with E-state index in [9.17, 15) is 9.59 Å². The number of ether oxygens (including phenoxy) is 2. The largest absolute Gasteiger partial charge is 0.455 e. The summed E-state index contributed by atoms with van der Waals surface area (Å²) >= 11 is 0. The normalized spacial score (nSPS) is 11.9. The van der Waals surface area contributed by atoms with Crippen LogP contribution in [0.5, 0.6) is 0 Å². The first kappa shape index (κ1) is 16.1. The van der Waals surface area contributed by atoms with Crippen molar-refractivity contribution in [3.8, 4) is 0 Å². The molecule has 0 bridgehead atoms. The van der Waals surface area contributed by atoms with E-state index in [1.54, 1.807) is 41.5 Å². The van der Waals surface area contributed by atoms with E-state index in [2.05, 4.69) is 9.97 Å². The molecule has 0 N–H and O–H groups in total. The van der Waals surface area contributed by atoms with Gasteiger partial charge in [0, 0.05) is 0 Å². The van der Waals surface area contributed by atoms with Crippen LogP contribution in [0.3, 0.4) is 0 Å². The molecule has 6 heteroatoms. The van der Waals surface area contributed by atoms with Crippen LogP contribution in [0.1, 0.15) is 62.5 Å². The van der Waals surface area contributed by atoms with E-state index in [1.807, 2.05) is 0 Å². The van der Waals surface area contributed by atoms with Gasteiger partial charge in [-0.25, -0.2) is 19.6 Å². The predicted octanol–water partition coefficient (Wildman–Crippen LogP) is 2.39. The van der Waals surface area contributed by atoms with Crippen molar-refractivity contribution >= 4 is 11.9 Å². The molecule has 0 fully saturated rings. The topological polar surface area (TPSA) is 78.4 Å². The summed E-state index contributed by atoms with van der Waals surface area (Å²) in [6, 6.07) is 0. The number of aromatic nitrogens is 2. The van der Waals surface area contributed by atoms with Crippen molar-refractivity contribution in [2.45, 2.75) is 52.7 Å². The first-order chi connectivity index (χ1) is 8.98. The Hall–Kier alpha value is -1.98. The van der Waals surface area contributed by atoms with Crippen molar-refractivity contribution in [1.29, 1.82) is 0 Å². The van der Waals surface area contributed by atoms with Crippen molar-refractivity contribution in [3.05, 3.63) is 23.8 Å². The lowest BCUT2D eigenvalue weighted by molar-refractivity contribution is 0.00410. The van der Waals surface area contributed by atoms with Gasteiger partial charge in [-0.2, -0.15) is 0 Å². The molecule has 0 aromatic carbocycles. The van der Waals surface area contributed by atoms with Crippen LogP contribution in [0.4, 0.5) is 0 Å². The average Bonchev–Trinajstić information content (AvgIpc) is 2.24. The summed E-state index contributed by atoms with van der Waals surface area (Å²) in [5.74, 6) is -1.17. The number of rotatable bonds is 2. The van der Waals surface area contributed by atoms with Gasteiger partial charge in [-0.1, -0.05) is 0 Å². The van der Waals surface area contributed by atoms with Crippen LogP contribution in [0.15, 0.2) is 12.4 Å². The SMILES string of the molecule is CC(C)(C)OC(=O)c1cnc(C(=O)OC(C)(C)C)cn1. The van der Waals surface area contributed by atoms with Gasteiger partial charge in [0.15, 0.2) is 11.4 Å². The van der Waals surface area contributed by atoms with Gasteiger partial charge in [-0.3, -0.25) is 0 Å². The first-order valence-electron chi connectivity index (χ1n) is 6.27. The highest BCUT2D eigenvalue weighted by atomic mass is 16.6. The first-order valence-corrected chi connectivity index (χ1v) is 6.27. The standard InChI is InChI=1S/C14H20N2O4/c1-13(2,3)19-11(17)9-7-16-10(8-15-9)12(18)20-14(4,5)6/h7-8H,1-6H3. The Balaban J connectivity index is 2.79. The van der Waals surface area contributed by atoms with Gasteiger partial charge >= 0.3 is 11.9 Å². The maximum Gasteiger partial charge on any atom is 0.359 e. The van der Waals surface area contributed by atoms with Gasteiger partial charge in [0.1, 0.15) is 11.2 Å². The second-order valence-corrected chi connectivity index (χ2v) is 6.29. The molecule has 1 aromatic heterocycles. The monoisotopic (exact) mass is 280 g/mol. The summed E-state index contributed by atoms with van der Waals surface area (Å²) in [5.41, 5.74) is -1.12. The third-order valence-electron chi connectivity index (χ3n) is 1.87. The Morgan fingerprint density at radius 1 is 0.800 bits per heavy atom. The van der Waals surface area contributed by atoms with E-state index in [1.165, 1.54) is 12.4 Å². The highest BCUT2D eigenvalue weighted by Gasteiger charge is 2.22. The molecule has 0 aliphatic carbocycles. The summed E-state index contributed by atoms with van der Waals surface area (Å²) in [6.07, 6.45) is 2.40. The molecule has 1 aromatic rings. The zero-order valence-electron chi connectivity index (χ0n) is 12.7. The Labute approximate surface area is 118 Å². The molecule has 0 aliphatic heterocycles. The Morgan fingerprint density at radius 3 is 1.30 bits per heavy atom. The van der Waals surface area contributed by atoms with Gasteiger partial charge in [0.05, 0.1) is 12.4 Å². The van der Waals surface area contributed by atoms with Crippen molar-refractivity contribution < 1.29 is 19.1 Å². The van der Waals surface area contributed by atoms with E-state index < -0.39 is 23.1 Å². The molecule has 0 unspecified atom stereocenters. The molecule has 0 amide bonds. The van der Waals surface area contributed by atoms with Crippen molar-refractivity contribution in [1.82, 2.24) is 9.97 Å². The number of carbonyl (C=O) groups is 2. The van der Waals surface area contributed by atoms with Crippen LogP contribution < -0.4 is 0 Å². The molecule has 6 nitrogen and oxygen atoms in total. The van der Waals surface area contributed by atoms with Crippen molar-refractivity contribution in [2.75, 3.05) is 0 Å². The fraction of sp³-hybridized carbons (Fsp3) is 0.571. The average molecular weight is 280 g/mol. The second kappa shape index (κ2) is 5.56. The van der Waals surface area contributed by atoms with Crippen LogP contribution in [0.2, 0.25) is 0 Å². The third-order valence-corrected chi connectivity index (χ3v) is 1.87. The summed E-state index contributed by atoms with van der Waals surface area (Å²) in [6.45, 7) is 10.5. The fourth-order valence-corrected chi connectivity index (χ4v) is 1.20. The van der Waals surface area contributed by atoms with Crippen LogP contribution in [-0.2, 0) is 9.47 Å². The Morgan fingerprint density at radius 2 is 1.10 bits per heavy atom. The Bertz CT molecular complexity index is 448. The van der Waals surface area contributed by atoms with Gasteiger partial charge in [-0.15, -0.1) is 0 Å². The van der Waals surface area contributed by atoms with E-state index in [0.717, 1.165) is 0 Å². The molecule has 0 aliphatic rings. The van der Waals surface area contributed by atoms with E-state index in [0.29, 0.717) is 0 Å². The minimum absolute atomic E-state index is 0.0484. The minimum atomic E-state index is -0.609. The molecule has 110 valence electrons. The number of nitrogens with zero attached hydrogens (tertiary/aromatic N) is 2. The molecule has 1 heterocycles. The lowest BCUT2D eigenvalue weighted by Gasteiger charge is -2.19. The number of carbonyl (C=O) groups excluding carboxylic acids is 2. The van der Waals surface area contributed by atoms with Gasteiger partial charge in [0.25, 0.3) is 0 Å². The highest BCUT2D eigenvalue weighted by Crippen LogP contribution is 2.12. The number of hydrogen-bond donors (Lipinski definition) is 0. The van der Waals surface area contributed by atoms with Crippen LogP contribution in [0, 0.1) is 0 Å². The third kappa shape index (κ3) is 5.34.